The highest BCUT2D eigenvalue weighted by Gasteiger charge is 1.99. The zero-order valence-electron chi connectivity index (χ0n) is 11.3. The van der Waals surface area contributed by atoms with Crippen LogP contribution in [0.1, 0.15) is 18.1 Å². The normalized spacial score (nSPS) is 10.3. The van der Waals surface area contributed by atoms with Gasteiger partial charge in [-0.3, -0.25) is 4.79 Å². The summed E-state index contributed by atoms with van der Waals surface area (Å²) in [5.74, 6) is -0.0606. The molecule has 0 heterocycles. The number of nitrogens with one attached hydrogen (secondary N) is 2. The molecule has 3 nitrogen and oxygen atoms in total. The smallest absolute Gasteiger partial charge is 0.221 e. The Morgan fingerprint density at radius 3 is 2.40 bits per heavy atom. The first-order chi connectivity index (χ1) is 9.65. The molecule has 4 heteroatoms. The molecule has 2 aromatic rings. The predicted molar refractivity (Wildman–Crippen MR) is 82.7 cm³/mol. The van der Waals surface area contributed by atoms with Crippen LogP contribution < -0.4 is 10.6 Å². The molecule has 2 N–H and O–H groups in total. The van der Waals surface area contributed by atoms with Gasteiger partial charge in [-0.2, -0.15) is 0 Å². The van der Waals surface area contributed by atoms with Crippen LogP contribution in [0.4, 0.5) is 5.69 Å². The average molecular weight is 289 g/mol. The lowest BCUT2D eigenvalue weighted by Crippen LogP contribution is -2.13. The van der Waals surface area contributed by atoms with E-state index in [1.165, 1.54) is 6.92 Å². The lowest BCUT2D eigenvalue weighted by atomic mass is 10.2. The van der Waals surface area contributed by atoms with Gasteiger partial charge in [0.1, 0.15) is 0 Å². The fourth-order valence-electron chi connectivity index (χ4n) is 1.89. The molecule has 20 heavy (non-hydrogen) atoms. The van der Waals surface area contributed by atoms with E-state index in [1.54, 1.807) is 0 Å². The minimum atomic E-state index is -0.0606. The minimum absolute atomic E-state index is 0.0606. The second-order valence-corrected chi connectivity index (χ2v) is 4.98. The van der Waals surface area contributed by atoms with Gasteiger partial charge in [-0.25, -0.2) is 0 Å². The Morgan fingerprint density at radius 1 is 1.05 bits per heavy atom. The highest BCUT2D eigenvalue weighted by atomic mass is 35.5. The summed E-state index contributed by atoms with van der Waals surface area (Å²) in [5.41, 5.74) is 3.06. The molecule has 0 saturated heterocycles. The summed E-state index contributed by atoms with van der Waals surface area (Å²) in [6.45, 7) is 2.98. The molecule has 0 spiro atoms. The summed E-state index contributed by atoms with van der Waals surface area (Å²) >= 11 is 6.10. The second kappa shape index (κ2) is 7.08. The Labute approximate surface area is 124 Å². The molecule has 0 aliphatic heterocycles. The van der Waals surface area contributed by atoms with Gasteiger partial charge in [0.15, 0.2) is 0 Å². The number of carbonyl (C=O) groups excluding carboxylic acids is 1. The summed E-state index contributed by atoms with van der Waals surface area (Å²) < 4.78 is 0. The summed E-state index contributed by atoms with van der Waals surface area (Å²) in [6.07, 6.45) is 0. The third kappa shape index (κ3) is 4.37. The van der Waals surface area contributed by atoms with Crippen molar-refractivity contribution < 1.29 is 4.79 Å². The first-order valence-electron chi connectivity index (χ1n) is 6.46. The van der Waals surface area contributed by atoms with Crippen LogP contribution in [0.15, 0.2) is 48.5 Å². The number of benzene rings is 2. The standard InChI is InChI=1S/C16H17ClN2O/c1-12(20)19-15-8-6-13(7-9-15)10-18-11-14-4-2-3-5-16(14)17/h2-9,18H,10-11H2,1H3,(H,19,20). The molecule has 2 rings (SSSR count). The molecule has 1 amide bonds. The van der Waals surface area contributed by atoms with Gasteiger partial charge in [-0.1, -0.05) is 41.9 Å². The van der Waals surface area contributed by atoms with Crippen molar-refractivity contribution in [3.8, 4) is 0 Å². The first kappa shape index (κ1) is 14.6. The summed E-state index contributed by atoms with van der Waals surface area (Å²) in [7, 11) is 0. The zero-order valence-corrected chi connectivity index (χ0v) is 12.1. The Morgan fingerprint density at radius 2 is 1.75 bits per heavy atom. The maximum absolute atomic E-state index is 10.9. The van der Waals surface area contributed by atoms with Gasteiger partial charge < -0.3 is 10.6 Å². The summed E-state index contributed by atoms with van der Waals surface area (Å²) in [5, 5.41) is 6.87. The van der Waals surface area contributed by atoms with Gasteiger partial charge in [0.05, 0.1) is 0 Å². The van der Waals surface area contributed by atoms with E-state index in [1.807, 2.05) is 48.5 Å². The van der Waals surface area contributed by atoms with Crippen LogP contribution in [-0.2, 0) is 17.9 Å². The average Bonchev–Trinajstić information content (AvgIpc) is 2.42. The largest absolute Gasteiger partial charge is 0.326 e. The summed E-state index contributed by atoms with van der Waals surface area (Å²) in [4.78, 5) is 10.9. The third-order valence-electron chi connectivity index (χ3n) is 2.88. The molecule has 0 fully saturated rings. The molecule has 0 aromatic heterocycles. The SMILES string of the molecule is CC(=O)Nc1ccc(CNCc2ccccc2Cl)cc1. The van der Waals surface area contributed by atoms with Gasteiger partial charge in [0, 0.05) is 30.7 Å². The fraction of sp³-hybridized carbons (Fsp3) is 0.188. The van der Waals surface area contributed by atoms with Crippen LogP contribution in [0.25, 0.3) is 0 Å². The van der Waals surface area contributed by atoms with Crippen LogP contribution in [0, 0.1) is 0 Å². The number of hydrogen-bond donors (Lipinski definition) is 2. The fourth-order valence-corrected chi connectivity index (χ4v) is 2.10. The Balaban J connectivity index is 1.85. The van der Waals surface area contributed by atoms with Crippen molar-refractivity contribution in [1.82, 2.24) is 5.32 Å². The van der Waals surface area contributed by atoms with Gasteiger partial charge in [0.2, 0.25) is 5.91 Å². The van der Waals surface area contributed by atoms with E-state index in [2.05, 4.69) is 10.6 Å². The van der Waals surface area contributed by atoms with E-state index in [0.29, 0.717) is 0 Å². The highest BCUT2D eigenvalue weighted by Crippen LogP contribution is 2.15. The molecular weight excluding hydrogens is 272 g/mol. The molecule has 0 bridgehead atoms. The van der Waals surface area contributed by atoms with Crippen molar-refractivity contribution in [1.29, 1.82) is 0 Å². The van der Waals surface area contributed by atoms with Crippen molar-refractivity contribution in [2.24, 2.45) is 0 Å². The monoisotopic (exact) mass is 288 g/mol. The topological polar surface area (TPSA) is 41.1 Å². The minimum Gasteiger partial charge on any atom is -0.326 e. The first-order valence-corrected chi connectivity index (χ1v) is 6.83. The zero-order chi connectivity index (χ0) is 14.4. The van der Waals surface area contributed by atoms with Crippen molar-refractivity contribution in [2.75, 3.05) is 5.32 Å². The van der Waals surface area contributed by atoms with Gasteiger partial charge >= 0.3 is 0 Å². The Hall–Kier alpha value is -1.84. The van der Waals surface area contributed by atoms with E-state index in [4.69, 9.17) is 11.6 Å². The molecule has 104 valence electrons. The summed E-state index contributed by atoms with van der Waals surface area (Å²) in [6, 6.07) is 15.6. The maximum Gasteiger partial charge on any atom is 0.221 e. The quantitative estimate of drug-likeness (QED) is 0.883. The molecule has 0 aliphatic rings. The maximum atomic E-state index is 10.9. The number of anilines is 1. The van der Waals surface area contributed by atoms with Crippen molar-refractivity contribution in [3.63, 3.8) is 0 Å². The predicted octanol–water partition coefficient (Wildman–Crippen LogP) is 3.59. The van der Waals surface area contributed by atoms with Crippen molar-refractivity contribution >= 4 is 23.2 Å². The molecular formula is C16H17ClN2O. The van der Waals surface area contributed by atoms with E-state index >= 15 is 0 Å². The van der Waals surface area contributed by atoms with Gasteiger partial charge in [-0.05, 0) is 29.3 Å². The van der Waals surface area contributed by atoms with Gasteiger partial charge in [0.25, 0.3) is 0 Å². The van der Waals surface area contributed by atoms with Gasteiger partial charge in [-0.15, -0.1) is 0 Å². The van der Waals surface area contributed by atoms with E-state index in [9.17, 15) is 4.79 Å². The van der Waals surface area contributed by atoms with Crippen LogP contribution >= 0.6 is 11.6 Å². The third-order valence-corrected chi connectivity index (χ3v) is 3.25. The van der Waals surface area contributed by atoms with Crippen molar-refractivity contribution in [3.05, 3.63) is 64.7 Å². The Kier molecular flexibility index (Phi) is 5.16. The number of halogens is 1. The van der Waals surface area contributed by atoms with Crippen LogP contribution in [0.5, 0.6) is 0 Å². The molecule has 2 aromatic carbocycles. The lowest BCUT2D eigenvalue weighted by Gasteiger charge is -2.08. The highest BCUT2D eigenvalue weighted by molar-refractivity contribution is 6.31. The number of rotatable bonds is 5. The van der Waals surface area contributed by atoms with Crippen molar-refractivity contribution in [2.45, 2.75) is 20.0 Å². The molecule has 0 aliphatic carbocycles. The number of amides is 1. The van der Waals surface area contributed by atoms with Crippen LogP contribution in [0.3, 0.4) is 0 Å². The number of carbonyl (C=O) groups is 1. The van der Waals surface area contributed by atoms with Crippen LogP contribution in [-0.4, -0.2) is 5.91 Å². The van der Waals surface area contributed by atoms with E-state index < -0.39 is 0 Å². The van der Waals surface area contributed by atoms with E-state index in [0.717, 1.165) is 34.9 Å². The molecule has 0 unspecified atom stereocenters. The molecule has 0 atom stereocenters. The second-order valence-electron chi connectivity index (χ2n) is 4.57. The molecule has 0 saturated carbocycles. The van der Waals surface area contributed by atoms with E-state index in [-0.39, 0.29) is 5.91 Å². The van der Waals surface area contributed by atoms with Crippen LogP contribution in [0.2, 0.25) is 5.02 Å². The number of hydrogen-bond acceptors (Lipinski definition) is 2. The molecule has 0 radical (unpaired) electrons. The Bertz CT molecular complexity index is 581. The lowest BCUT2D eigenvalue weighted by molar-refractivity contribution is -0.114.